The summed E-state index contributed by atoms with van der Waals surface area (Å²) in [6.07, 6.45) is 2.56. The molecule has 1 aromatic carbocycles. The molecule has 0 amide bonds. The topological polar surface area (TPSA) is 40.5 Å². The van der Waals surface area contributed by atoms with Crippen molar-refractivity contribution in [3.63, 3.8) is 0 Å². The van der Waals surface area contributed by atoms with Gasteiger partial charge in [-0.2, -0.15) is 0 Å². The number of aliphatic hydroxyl groups excluding tert-OH is 1. The molecule has 3 nitrogen and oxygen atoms in total. The van der Waals surface area contributed by atoms with Gasteiger partial charge >= 0.3 is 0 Å². The van der Waals surface area contributed by atoms with Gasteiger partial charge in [-0.05, 0) is 18.2 Å². The van der Waals surface area contributed by atoms with Crippen LogP contribution in [0.1, 0.15) is 10.4 Å². The van der Waals surface area contributed by atoms with E-state index in [1.54, 1.807) is 12.1 Å². The van der Waals surface area contributed by atoms with Crippen molar-refractivity contribution in [3.8, 4) is 0 Å². The average Bonchev–Trinajstić information content (AvgIpc) is 2.29. The van der Waals surface area contributed by atoms with E-state index in [-0.39, 0.29) is 6.61 Å². The molecule has 0 fully saturated rings. The molecule has 0 bridgehead atoms. The van der Waals surface area contributed by atoms with Gasteiger partial charge in [0.25, 0.3) is 0 Å². The first-order valence-electron chi connectivity index (χ1n) is 4.94. The number of aldehydes is 1. The smallest absolute Gasteiger partial charge is 0.152 e. The van der Waals surface area contributed by atoms with E-state index < -0.39 is 0 Å². The molecule has 0 aliphatic rings. The molecule has 1 N–H and O–H groups in total. The Balaban J connectivity index is 3.09. The Bertz CT molecular complexity index is 379. The van der Waals surface area contributed by atoms with E-state index in [1.165, 1.54) is 0 Å². The van der Waals surface area contributed by atoms with Crippen LogP contribution in [-0.2, 0) is 0 Å². The summed E-state index contributed by atoms with van der Waals surface area (Å²) in [6.45, 7) is 4.77. The minimum Gasteiger partial charge on any atom is -0.395 e. The van der Waals surface area contributed by atoms with Gasteiger partial charge in [0, 0.05) is 28.8 Å². The number of nitrogens with zero attached hydrogens (tertiary/aromatic N) is 1. The minimum absolute atomic E-state index is 0.0403. The molecule has 0 radical (unpaired) electrons. The largest absolute Gasteiger partial charge is 0.395 e. The fraction of sp³-hybridized carbons (Fsp3) is 0.250. The van der Waals surface area contributed by atoms with Crippen LogP contribution >= 0.6 is 15.9 Å². The van der Waals surface area contributed by atoms with Crippen molar-refractivity contribution >= 4 is 27.9 Å². The number of halogens is 1. The van der Waals surface area contributed by atoms with Crippen molar-refractivity contribution in [1.82, 2.24) is 0 Å². The van der Waals surface area contributed by atoms with Crippen molar-refractivity contribution in [1.29, 1.82) is 0 Å². The molecular weight excluding hydrogens is 270 g/mol. The Labute approximate surface area is 104 Å². The zero-order valence-electron chi connectivity index (χ0n) is 8.90. The first-order chi connectivity index (χ1) is 7.72. The van der Waals surface area contributed by atoms with Gasteiger partial charge in [0.05, 0.1) is 6.61 Å². The van der Waals surface area contributed by atoms with Crippen LogP contribution in [-0.4, -0.2) is 31.1 Å². The van der Waals surface area contributed by atoms with Crippen LogP contribution in [0.4, 0.5) is 5.69 Å². The predicted octanol–water partition coefficient (Wildman–Crippen LogP) is 2.25. The number of carbonyl (C=O) groups is 1. The maximum Gasteiger partial charge on any atom is 0.152 e. The molecular formula is C12H14BrNO2. The summed E-state index contributed by atoms with van der Waals surface area (Å²) >= 11 is 3.37. The fourth-order valence-corrected chi connectivity index (χ4v) is 1.83. The number of aliphatic hydroxyl groups is 1. The van der Waals surface area contributed by atoms with Gasteiger partial charge in [0.2, 0.25) is 0 Å². The Morgan fingerprint density at radius 1 is 1.50 bits per heavy atom. The highest BCUT2D eigenvalue weighted by atomic mass is 79.9. The molecule has 86 valence electrons. The number of benzene rings is 1. The lowest BCUT2D eigenvalue weighted by molar-refractivity contribution is 0.112. The molecule has 0 aliphatic heterocycles. The second kappa shape index (κ2) is 6.45. The maximum atomic E-state index is 10.9. The molecule has 16 heavy (non-hydrogen) atoms. The second-order valence-electron chi connectivity index (χ2n) is 3.28. The van der Waals surface area contributed by atoms with E-state index in [0.717, 1.165) is 16.4 Å². The summed E-state index contributed by atoms with van der Waals surface area (Å²) in [6, 6.07) is 5.43. The highest BCUT2D eigenvalue weighted by Crippen LogP contribution is 2.23. The van der Waals surface area contributed by atoms with Crippen LogP contribution in [0.15, 0.2) is 35.3 Å². The normalized spacial score (nSPS) is 9.88. The molecule has 0 spiro atoms. The van der Waals surface area contributed by atoms with E-state index in [4.69, 9.17) is 5.11 Å². The maximum absolute atomic E-state index is 10.9. The molecule has 0 saturated carbocycles. The van der Waals surface area contributed by atoms with Gasteiger partial charge in [0.1, 0.15) is 0 Å². The SMILES string of the molecule is C=CCN(CCO)c1cc(Br)ccc1C=O. The van der Waals surface area contributed by atoms with Crippen molar-refractivity contribution in [2.45, 2.75) is 0 Å². The third kappa shape index (κ3) is 3.18. The van der Waals surface area contributed by atoms with E-state index >= 15 is 0 Å². The number of hydrogen-bond acceptors (Lipinski definition) is 3. The molecule has 0 heterocycles. The van der Waals surface area contributed by atoms with E-state index in [2.05, 4.69) is 22.5 Å². The lowest BCUT2D eigenvalue weighted by atomic mass is 10.1. The van der Waals surface area contributed by atoms with Gasteiger partial charge in [-0.15, -0.1) is 6.58 Å². The Morgan fingerprint density at radius 2 is 2.25 bits per heavy atom. The molecule has 4 heteroatoms. The first kappa shape index (κ1) is 12.9. The van der Waals surface area contributed by atoms with Crippen LogP contribution in [0.5, 0.6) is 0 Å². The lowest BCUT2D eigenvalue weighted by Crippen LogP contribution is -2.27. The van der Waals surface area contributed by atoms with E-state index in [0.29, 0.717) is 18.7 Å². The van der Waals surface area contributed by atoms with Crippen LogP contribution in [0.3, 0.4) is 0 Å². The molecule has 0 atom stereocenters. The van der Waals surface area contributed by atoms with Crippen LogP contribution in [0, 0.1) is 0 Å². The predicted molar refractivity (Wildman–Crippen MR) is 69.0 cm³/mol. The monoisotopic (exact) mass is 283 g/mol. The molecule has 0 unspecified atom stereocenters. The second-order valence-corrected chi connectivity index (χ2v) is 4.19. The Morgan fingerprint density at radius 3 is 2.81 bits per heavy atom. The number of rotatable bonds is 6. The summed E-state index contributed by atoms with van der Waals surface area (Å²) in [7, 11) is 0. The molecule has 0 saturated heterocycles. The quantitative estimate of drug-likeness (QED) is 0.643. The van der Waals surface area contributed by atoms with E-state index in [9.17, 15) is 4.79 Å². The van der Waals surface area contributed by atoms with Gasteiger partial charge in [-0.25, -0.2) is 0 Å². The highest BCUT2D eigenvalue weighted by Gasteiger charge is 2.09. The summed E-state index contributed by atoms with van der Waals surface area (Å²) < 4.78 is 0.903. The van der Waals surface area contributed by atoms with Crippen molar-refractivity contribution in [2.24, 2.45) is 0 Å². The third-order valence-electron chi connectivity index (χ3n) is 2.18. The van der Waals surface area contributed by atoms with Gasteiger partial charge < -0.3 is 10.0 Å². The van der Waals surface area contributed by atoms with Crippen molar-refractivity contribution < 1.29 is 9.90 Å². The van der Waals surface area contributed by atoms with Crippen molar-refractivity contribution in [3.05, 3.63) is 40.9 Å². The van der Waals surface area contributed by atoms with E-state index in [1.807, 2.05) is 17.0 Å². The average molecular weight is 284 g/mol. The van der Waals surface area contributed by atoms with Crippen LogP contribution in [0.25, 0.3) is 0 Å². The first-order valence-corrected chi connectivity index (χ1v) is 5.73. The van der Waals surface area contributed by atoms with Gasteiger partial charge in [-0.3, -0.25) is 4.79 Å². The minimum atomic E-state index is 0.0403. The standard InChI is InChI=1S/C12H14BrNO2/c1-2-5-14(6-7-15)12-8-11(13)4-3-10(12)9-16/h2-4,8-9,15H,1,5-7H2. The summed E-state index contributed by atoms with van der Waals surface area (Å²) in [5.74, 6) is 0. The number of hydrogen-bond donors (Lipinski definition) is 1. The number of carbonyl (C=O) groups excluding carboxylic acids is 1. The summed E-state index contributed by atoms with van der Waals surface area (Å²) in [4.78, 5) is 12.8. The summed E-state index contributed by atoms with van der Waals surface area (Å²) in [5, 5.41) is 8.98. The van der Waals surface area contributed by atoms with Gasteiger partial charge in [0.15, 0.2) is 6.29 Å². The summed E-state index contributed by atoms with van der Waals surface area (Å²) in [5.41, 5.74) is 1.41. The zero-order valence-corrected chi connectivity index (χ0v) is 10.5. The molecule has 0 aliphatic carbocycles. The molecule has 0 aromatic heterocycles. The van der Waals surface area contributed by atoms with Crippen molar-refractivity contribution in [2.75, 3.05) is 24.6 Å². The highest BCUT2D eigenvalue weighted by molar-refractivity contribution is 9.10. The lowest BCUT2D eigenvalue weighted by Gasteiger charge is -2.23. The molecule has 1 rings (SSSR count). The fourth-order valence-electron chi connectivity index (χ4n) is 1.48. The molecule has 1 aromatic rings. The van der Waals surface area contributed by atoms with Crippen LogP contribution in [0.2, 0.25) is 0 Å². The Kier molecular flexibility index (Phi) is 5.22. The number of anilines is 1. The van der Waals surface area contributed by atoms with Gasteiger partial charge in [-0.1, -0.05) is 22.0 Å². The van der Waals surface area contributed by atoms with Crippen LogP contribution < -0.4 is 4.90 Å². The zero-order chi connectivity index (χ0) is 12.0. The Hall–Kier alpha value is -1.13. The third-order valence-corrected chi connectivity index (χ3v) is 2.67.